The molecule has 1 amide bonds. The molecule has 0 spiro atoms. The number of ether oxygens (including phenoxy) is 2. The third-order valence-electron chi connectivity index (χ3n) is 3.81. The Labute approximate surface area is 144 Å². The maximum atomic E-state index is 12.2. The van der Waals surface area contributed by atoms with Gasteiger partial charge >= 0.3 is 5.97 Å². The van der Waals surface area contributed by atoms with Gasteiger partial charge in [0.15, 0.2) is 0 Å². The number of rotatable bonds is 11. The molecule has 0 aliphatic rings. The first kappa shape index (κ1) is 20.0. The van der Waals surface area contributed by atoms with Crippen LogP contribution in [0, 0.1) is 0 Å². The first-order valence-electron chi connectivity index (χ1n) is 8.63. The van der Waals surface area contributed by atoms with Gasteiger partial charge in [-0.05, 0) is 30.7 Å². The van der Waals surface area contributed by atoms with Crippen LogP contribution in [0.25, 0.3) is 0 Å². The zero-order valence-electron chi connectivity index (χ0n) is 15.0. The van der Waals surface area contributed by atoms with Gasteiger partial charge < -0.3 is 14.4 Å². The lowest BCUT2D eigenvalue weighted by Crippen LogP contribution is -2.33. The van der Waals surface area contributed by atoms with E-state index in [4.69, 9.17) is 9.47 Å². The fraction of sp³-hybridized carbons (Fsp3) is 0.579. The molecule has 1 aromatic carbocycles. The SMILES string of the molecule is CCCCCCCCOC(=O)CN(C)C(=O)c1ccc(OC)cc1. The zero-order valence-corrected chi connectivity index (χ0v) is 15.0. The Balaban J connectivity index is 2.26. The molecule has 0 atom stereocenters. The summed E-state index contributed by atoms with van der Waals surface area (Å²) in [6.45, 7) is 2.57. The Hall–Kier alpha value is -2.04. The van der Waals surface area contributed by atoms with Gasteiger partial charge in [0.05, 0.1) is 13.7 Å². The topological polar surface area (TPSA) is 55.8 Å². The molecule has 5 heteroatoms. The minimum Gasteiger partial charge on any atom is -0.497 e. The minimum absolute atomic E-state index is 0.0410. The average molecular weight is 335 g/mol. The predicted octanol–water partition coefficient (Wildman–Crippen LogP) is 3.67. The van der Waals surface area contributed by atoms with Crippen molar-refractivity contribution in [1.29, 1.82) is 0 Å². The summed E-state index contributed by atoms with van der Waals surface area (Å²) in [6, 6.07) is 6.80. The Morgan fingerprint density at radius 3 is 2.25 bits per heavy atom. The predicted molar refractivity (Wildman–Crippen MR) is 94.3 cm³/mol. The van der Waals surface area contributed by atoms with E-state index in [9.17, 15) is 9.59 Å². The molecule has 0 fully saturated rings. The van der Waals surface area contributed by atoms with Crippen molar-refractivity contribution in [3.05, 3.63) is 29.8 Å². The van der Waals surface area contributed by atoms with E-state index in [0.717, 1.165) is 12.8 Å². The number of amides is 1. The van der Waals surface area contributed by atoms with Crippen molar-refractivity contribution >= 4 is 11.9 Å². The lowest BCUT2D eigenvalue weighted by Gasteiger charge is -2.16. The van der Waals surface area contributed by atoms with E-state index >= 15 is 0 Å². The van der Waals surface area contributed by atoms with Crippen molar-refractivity contribution in [3.8, 4) is 5.75 Å². The number of hydrogen-bond donors (Lipinski definition) is 0. The molecule has 134 valence electrons. The highest BCUT2D eigenvalue weighted by Gasteiger charge is 2.15. The molecule has 1 rings (SSSR count). The normalized spacial score (nSPS) is 10.3. The van der Waals surface area contributed by atoms with Crippen LogP contribution in [-0.2, 0) is 9.53 Å². The van der Waals surface area contributed by atoms with Gasteiger partial charge in [-0.2, -0.15) is 0 Å². The summed E-state index contributed by atoms with van der Waals surface area (Å²) in [5, 5.41) is 0. The number of unbranched alkanes of at least 4 members (excludes halogenated alkanes) is 5. The number of nitrogens with zero attached hydrogens (tertiary/aromatic N) is 1. The molecule has 0 heterocycles. The molecule has 5 nitrogen and oxygen atoms in total. The van der Waals surface area contributed by atoms with Crippen LogP contribution in [0.4, 0.5) is 0 Å². The van der Waals surface area contributed by atoms with Crippen LogP contribution < -0.4 is 4.74 Å². The van der Waals surface area contributed by atoms with Gasteiger partial charge in [-0.25, -0.2) is 0 Å². The van der Waals surface area contributed by atoms with Crippen molar-refractivity contribution in [3.63, 3.8) is 0 Å². The van der Waals surface area contributed by atoms with Gasteiger partial charge in [0.25, 0.3) is 5.91 Å². The van der Waals surface area contributed by atoms with Gasteiger partial charge in [0.1, 0.15) is 12.3 Å². The lowest BCUT2D eigenvalue weighted by molar-refractivity contribution is -0.144. The summed E-state index contributed by atoms with van der Waals surface area (Å²) in [7, 11) is 3.17. The Bertz CT molecular complexity index is 499. The van der Waals surface area contributed by atoms with Crippen LogP contribution in [0.1, 0.15) is 55.8 Å². The summed E-state index contributed by atoms with van der Waals surface area (Å²) in [5.74, 6) is 0.106. The Morgan fingerprint density at radius 2 is 1.62 bits per heavy atom. The van der Waals surface area contributed by atoms with Crippen molar-refractivity contribution in [2.75, 3.05) is 27.3 Å². The number of carbonyl (C=O) groups excluding carboxylic acids is 2. The van der Waals surface area contributed by atoms with Crippen molar-refractivity contribution < 1.29 is 19.1 Å². The molecule has 0 radical (unpaired) electrons. The highest BCUT2D eigenvalue weighted by Crippen LogP contribution is 2.12. The quantitative estimate of drug-likeness (QED) is 0.457. The maximum Gasteiger partial charge on any atom is 0.325 e. The minimum atomic E-state index is -0.368. The molecule has 0 aliphatic heterocycles. The maximum absolute atomic E-state index is 12.2. The summed E-state index contributed by atoms with van der Waals surface area (Å²) in [6.07, 6.45) is 6.87. The fourth-order valence-corrected chi connectivity index (χ4v) is 2.33. The van der Waals surface area contributed by atoms with E-state index in [2.05, 4.69) is 6.92 Å². The third-order valence-corrected chi connectivity index (χ3v) is 3.81. The second-order valence-electron chi connectivity index (χ2n) is 5.88. The van der Waals surface area contributed by atoms with Gasteiger partial charge in [-0.15, -0.1) is 0 Å². The molecule has 0 saturated heterocycles. The van der Waals surface area contributed by atoms with E-state index in [0.29, 0.717) is 17.9 Å². The van der Waals surface area contributed by atoms with E-state index in [1.165, 1.54) is 30.6 Å². The first-order valence-corrected chi connectivity index (χ1v) is 8.63. The molecule has 0 saturated carbocycles. The second-order valence-corrected chi connectivity index (χ2v) is 5.88. The number of likely N-dealkylation sites (N-methyl/N-ethyl adjacent to an activating group) is 1. The summed E-state index contributed by atoms with van der Waals surface area (Å²) in [4.78, 5) is 25.4. The second kappa shape index (κ2) is 11.5. The van der Waals surface area contributed by atoms with Crippen LogP contribution in [-0.4, -0.2) is 44.1 Å². The number of methoxy groups -OCH3 is 1. The molecular weight excluding hydrogens is 306 g/mol. The highest BCUT2D eigenvalue weighted by molar-refractivity contribution is 5.95. The zero-order chi connectivity index (χ0) is 17.8. The van der Waals surface area contributed by atoms with Gasteiger partial charge in [0.2, 0.25) is 0 Å². The van der Waals surface area contributed by atoms with Crippen molar-refractivity contribution in [2.45, 2.75) is 45.4 Å². The van der Waals surface area contributed by atoms with E-state index in [1.807, 2.05) is 0 Å². The lowest BCUT2D eigenvalue weighted by atomic mass is 10.1. The van der Waals surface area contributed by atoms with Crippen LogP contribution in [0.3, 0.4) is 0 Å². The van der Waals surface area contributed by atoms with Gasteiger partial charge in [-0.3, -0.25) is 9.59 Å². The summed E-state index contributed by atoms with van der Waals surface area (Å²) >= 11 is 0. The molecule has 0 aromatic heterocycles. The molecule has 0 aliphatic carbocycles. The Kier molecular flexibility index (Phi) is 9.58. The smallest absolute Gasteiger partial charge is 0.325 e. The van der Waals surface area contributed by atoms with Crippen molar-refractivity contribution in [1.82, 2.24) is 4.90 Å². The number of hydrogen-bond acceptors (Lipinski definition) is 4. The van der Waals surface area contributed by atoms with E-state index in [-0.39, 0.29) is 18.4 Å². The molecule has 1 aromatic rings. The standard InChI is InChI=1S/C19H29NO4/c1-4-5-6-7-8-9-14-24-18(21)15-20(2)19(22)16-10-12-17(23-3)13-11-16/h10-13H,4-9,14-15H2,1-3H3. The first-order chi connectivity index (χ1) is 11.6. The van der Waals surface area contributed by atoms with Crippen LogP contribution in [0.15, 0.2) is 24.3 Å². The van der Waals surface area contributed by atoms with Gasteiger partial charge in [0, 0.05) is 12.6 Å². The van der Waals surface area contributed by atoms with Crippen molar-refractivity contribution in [2.24, 2.45) is 0 Å². The summed E-state index contributed by atoms with van der Waals surface area (Å²) < 4.78 is 10.2. The monoisotopic (exact) mass is 335 g/mol. The molecule has 0 N–H and O–H groups in total. The average Bonchev–Trinajstić information content (AvgIpc) is 2.60. The third kappa shape index (κ3) is 7.49. The molecule has 0 unspecified atom stereocenters. The highest BCUT2D eigenvalue weighted by atomic mass is 16.5. The largest absolute Gasteiger partial charge is 0.497 e. The van der Waals surface area contributed by atoms with E-state index < -0.39 is 0 Å². The van der Waals surface area contributed by atoms with Crippen LogP contribution in [0.2, 0.25) is 0 Å². The molecular formula is C19H29NO4. The molecule has 0 bridgehead atoms. The number of esters is 1. The fourth-order valence-electron chi connectivity index (χ4n) is 2.33. The molecule has 24 heavy (non-hydrogen) atoms. The number of carbonyl (C=O) groups is 2. The van der Waals surface area contributed by atoms with Crippen LogP contribution in [0.5, 0.6) is 5.75 Å². The van der Waals surface area contributed by atoms with Gasteiger partial charge in [-0.1, -0.05) is 39.0 Å². The Morgan fingerprint density at radius 1 is 1.00 bits per heavy atom. The number of benzene rings is 1. The van der Waals surface area contributed by atoms with Crippen LogP contribution >= 0.6 is 0 Å². The summed E-state index contributed by atoms with van der Waals surface area (Å²) in [5.41, 5.74) is 0.516. The van der Waals surface area contributed by atoms with E-state index in [1.54, 1.807) is 38.4 Å².